The van der Waals surface area contributed by atoms with Gasteiger partial charge in [-0.15, -0.1) is 0 Å². The van der Waals surface area contributed by atoms with E-state index in [-0.39, 0.29) is 16.2 Å². The molecule has 3 N–H and O–H groups in total. The standard InChI is InChI=1S/C17H14IN3O4S/c1-11-8-13(18)2-7-16(11)20-10-12(9-19)17(22)21-14-3-5-15(6-4-14)26(23,24)25/h2-8,10,20H,1H3,(H,21,22)(H,23,24,25)/b12-10-. The number of carbonyl (C=O) groups excluding carboxylic acids is 1. The second-order valence-corrected chi connectivity index (χ2v) is 7.89. The number of amides is 1. The third-order valence-electron chi connectivity index (χ3n) is 3.34. The molecule has 0 unspecified atom stereocenters. The fourth-order valence-corrected chi connectivity index (χ4v) is 3.12. The molecule has 1 amide bonds. The number of nitrogens with one attached hydrogen (secondary N) is 2. The summed E-state index contributed by atoms with van der Waals surface area (Å²) in [7, 11) is -4.30. The molecule has 7 nitrogen and oxygen atoms in total. The minimum absolute atomic E-state index is 0.151. The number of nitriles is 1. The van der Waals surface area contributed by atoms with Crippen LogP contribution in [0.5, 0.6) is 0 Å². The molecule has 0 aliphatic carbocycles. The van der Waals surface area contributed by atoms with Gasteiger partial charge in [0.25, 0.3) is 16.0 Å². The molecule has 0 spiro atoms. The van der Waals surface area contributed by atoms with Crippen LogP contribution in [0.3, 0.4) is 0 Å². The molecule has 0 bridgehead atoms. The highest BCUT2D eigenvalue weighted by atomic mass is 127. The molecule has 0 fully saturated rings. The number of carbonyl (C=O) groups is 1. The highest BCUT2D eigenvalue weighted by molar-refractivity contribution is 14.1. The number of hydrogen-bond donors (Lipinski definition) is 3. The Kier molecular flexibility index (Phi) is 6.36. The van der Waals surface area contributed by atoms with Gasteiger partial charge in [-0.25, -0.2) is 0 Å². The predicted molar refractivity (Wildman–Crippen MR) is 106 cm³/mol. The Morgan fingerprint density at radius 2 is 1.88 bits per heavy atom. The van der Waals surface area contributed by atoms with Crippen molar-refractivity contribution >= 4 is 50.0 Å². The summed E-state index contributed by atoms with van der Waals surface area (Å²) in [5, 5.41) is 14.6. The monoisotopic (exact) mass is 483 g/mol. The van der Waals surface area contributed by atoms with Crippen LogP contribution in [0, 0.1) is 21.8 Å². The van der Waals surface area contributed by atoms with Gasteiger partial charge in [-0.2, -0.15) is 13.7 Å². The second kappa shape index (κ2) is 8.31. The van der Waals surface area contributed by atoms with Gasteiger partial charge in [-0.05, 0) is 77.5 Å². The molecule has 26 heavy (non-hydrogen) atoms. The Balaban J connectivity index is 2.12. The summed E-state index contributed by atoms with van der Waals surface area (Å²) in [4.78, 5) is 11.9. The summed E-state index contributed by atoms with van der Waals surface area (Å²) in [5.74, 6) is -0.650. The van der Waals surface area contributed by atoms with Gasteiger partial charge in [0.15, 0.2) is 0 Å². The summed E-state index contributed by atoms with van der Waals surface area (Å²) in [6.07, 6.45) is 1.30. The molecule has 2 rings (SSSR count). The van der Waals surface area contributed by atoms with Crippen molar-refractivity contribution in [3.8, 4) is 6.07 Å². The molecule has 2 aromatic carbocycles. The van der Waals surface area contributed by atoms with E-state index in [2.05, 4.69) is 33.2 Å². The number of nitrogens with zero attached hydrogens (tertiary/aromatic N) is 1. The van der Waals surface area contributed by atoms with E-state index < -0.39 is 16.0 Å². The van der Waals surface area contributed by atoms with E-state index in [4.69, 9.17) is 4.55 Å². The zero-order chi connectivity index (χ0) is 19.3. The molecule has 0 aromatic heterocycles. The lowest BCUT2D eigenvalue weighted by molar-refractivity contribution is -0.112. The SMILES string of the molecule is Cc1cc(I)ccc1N/C=C(/C#N)C(=O)Nc1ccc(S(=O)(=O)O)cc1. The second-order valence-electron chi connectivity index (χ2n) is 5.23. The van der Waals surface area contributed by atoms with Crippen LogP contribution in [0.1, 0.15) is 5.56 Å². The minimum Gasteiger partial charge on any atom is -0.360 e. The van der Waals surface area contributed by atoms with E-state index in [1.54, 1.807) is 0 Å². The lowest BCUT2D eigenvalue weighted by Gasteiger charge is -2.08. The molecule has 0 atom stereocenters. The molecule has 0 saturated carbocycles. The first kappa shape index (κ1) is 19.9. The molecule has 0 aliphatic heterocycles. The van der Waals surface area contributed by atoms with E-state index in [1.807, 2.05) is 31.2 Å². The van der Waals surface area contributed by atoms with Crippen LogP contribution in [0.4, 0.5) is 11.4 Å². The van der Waals surface area contributed by atoms with Crippen LogP contribution in [0.25, 0.3) is 0 Å². The van der Waals surface area contributed by atoms with E-state index in [9.17, 15) is 18.5 Å². The maximum atomic E-state index is 12.2. The van der Waals surface area contributed by atoms with Crippen LogP contribution in [0.15, 0.2) is 59.1 Å². The number of benzene rings is 2. The zero-order valence-electron chi connectivity index (χ0n) is 13.5. The largest absolute Gasteiger partial charge is 0.360 e. The van der Waals surface area contributed by atoms with Gasteiger partial charge < -0.3 is 10.6 Å². The number of halogens is 1. The fraction of sp³-hybridized carbons (Fsp3) is 0.0588. The normalized spacial score (nSPS) is 11.5. The molecule has 0 saturated heterocycles. The van der Waals surface area contributed by atoms with Crippen LogP contribution in [-0.4, -0.2) is 18.9 Å². The van der Waals surface area contributed by atoms with Crippen LogP contribution >= 0.6 is 22.6 Å². The van der Waals surface area contributed by atoms with Gasteiger partial charge in [-0.1, -0.05) is 0 Å². The highest BCUT2D eigenvalue weighted by Crippen LogP contribution is 2.18. The third kappa shape index (κ3) is 5.29. The van der Waals surface area contributed by atoms with Crippen molar-refractivity contribution in [2.24, 2.45) is 0 Å². The lowest BCUT2D eigenvalue weighted by atomic mass is 10.2. The Bertz CT molecular complexity index is 1010. The van der Waals surface area contributed by atoms with E-state index in [0.29, 0.717) is 0 Å². The van der Waals surface area contributed by atoms with Crippen molar-refractivity contribution in [1.82, 2.24) is 0 Å². The first-order valence-corrected chi connectivity index (χ1v) is 9.74. The molecule has 134 valence electrons. The van der Waals surface area contributed by atoms with Gasteiger partial charge >= 0.3 is 0 Å². The molecule has 2 aromatic rings. The molecule has 9 heteroatoms. The summed E-state index contributed by atoms with van der Waals surface area (Å²) in [6.45, 7) is 1.90. The van der Waals surface area contributed by atoms with Gasteiger partial charge in [0, 0.05) is 21.1 Å². The molecule has 0 heterocycles. The van der Waals surface area contributed by atoms with E-state index >= 15 is 0 Å². The van der Waals surface area contributed by atoms with Crippen LogP contribution in [-0.2, 0) is 14.9 Å². The molecule has 0 aliphatic rings. The van der Waals surface area contributed by atoms with Gasteiger partial charge in [0.2, 0.25) is 0 Å². The van der Waals surface area contributed by atoms with Crippen molar-refractivity contribution < 1.29 is 17.8 Å². The Labute approximate surface area is 164 Å². The predicted octanol–water partition coefficient (Wildman–Crippen LogP) is 3.30. The highest BCUT2D eigenvalue weighted by Gasteiger charge is 2.12. The topological polar surface area (TPSA) is 119 Å². The Morgan fingerprint density at radius 3 is 2.42 bits per heavy atom. The third-order valence-corrected chi connectivity index (χ3v) is 4.87. The number of anilines is 2. The zero-order valence-corrected chi connectivity index (χ0v) is 16.5. The van der Waals surface area contributed by atoms with Crippen molar-refractivity contribution in [1.29, 1.82) is 5.26 Å². The quantitative estimate of drug-likeness (QED) is 0.260. The maximum absolute atomic E-state index is 12.2. The molecule has 0 radical (unpaired) electrons. The molecular formula is C17H14IN3O4S. The van der Waals surface area contributed by atoms with Crippen molar-refractivity contribution in [2.45, 2.75) is 11.8 Å². The smallest absolute Gasteiger partial charge is 0.294 e. The minimum atomic E-state index is -4.30. The number of hydrogen-bond acceptors (Lipinski definition) is 5. The summed E-state index contributed by atoms with van der Waals surface area (Å²) in [5.41, 5.74) is 1.87. The van der Waals surface area contributed by atoms with Gasteiger partial charge in [0.1, 0.15) is 11.6 Å². The first-order chi connectivity index (χ1) is 12.2. The average molecular weight is 483 g/mol. The van der Waals surface area contributed by atoms with Crippen LogP contribution < -0.4 is 10.6 Å². The van der Waals surface area contributed by atoms with Crippen molar-refractivity contribution in [3.63, 3.8) is 0 Å². The van der Waals surface area contributed by atoms with Crippen molar-refractivity contribution in [3.05, 3.63) is 63.4 Å². The average Bonchev–Trinajstić information content (AvgIpc) is 2.56. The maximum Gasteiger partial charge on any atom is 0.294 e. The van der Waals surface area contributed by atoms with E-state index in [0.717, 1.165) is 27.0 Å². The van der Waals surface area contributed by atoms with Gasteiger partial charge in [0.05, 0.1) is 4.90 Å². The lowest BCUT2D eigenvalue weighted by Crippen LogP contribution is -2.14. The van der Waals surface area contributed by atoms with Gasteiger partial charge in [-0.3, -0.25) is 9.35 Å². The molecular weight excluding hydrogens is 469 g/mol. The van der Waals surface area contributed by atoms with E-state index in [1.165, 1.54) is 18.3 Å². The number of aryl methyl sites for hydroxylation is 1. The Morgan fingerprint density at radius 1 is 1.23 bits per heavy atom. The summed E-state index contributed by atoms with van der Waals surface area (Å²) < 4.78 is 32.0. The summed E-state index contributed by atoms with van der Waals surface area (Å²) >= 11 is 2.19. The Hall–Kier alpha value is -2.42. The summed E-state index contributed by atoms with van der Waals surface area (Å²) in [6, 6.07) is 12.4. The number of rotatable bonds is 5. The van der Waals surface area contributed by atoms with Crippen molar-refractivity contribution in [2.75, 3.05) is 10.6 Å². The van der Waals surface area contributed by atoms with Crippen LogP contribution in [0.2, 0.25) is 0 Å². The first-order valence-electron chi connectivity index (χ1n) is 7.22. The fourth-order valence-electron chi connectivity index (χ4n) is 2.00.